The maximum atomic E-state index is 14.0. The Bertz CT molecular complexity index is 917. The fraction of sp³-hybridized carbons (Fsp3) is 0.724. The van der Waals surface area contributed by atoms with Crippen LogP contribution in [0.25, 0.3) is 0 Å². The van der Waals surface area contributed by atoms with Crippen molar-refractivity contribution in [2.24, 2.45) is 23.5 Å². The van der Waals surface area contributed by atoms with Crippen LogP contribution in [0, 0.1) is 17.8 Å². The highest BCUT2D eigenvalue weighted by Gasteiger charge is 2.45. The number of amides is 2. The lowest BCUT2D eigenvalue weighted by Crippen LogP contribution is -2.52. The molecule has 0 radical (unpaired) electrons. The first kappa shape index (κ1) is 28.3. The molecule has 1 aromatic rings. The Morgan fingerprint density at radius 1 is 1.05 bits per heavy atom. The van der Waals surface area contributed by atoms with Crippen molar-refractivity contribution in [3.8, 4) is 0 Å². The van der Waals surface area contributed by atoms with Gasteiger partial charge in [0.15, 0.2) is 0 Å². The number of likely N-dealkylation sites (tertiary alicyclic amines) is 2. The lowest BCUT2D eigenvalue weighted by atomic mass is 9.85. The first-order valence-electron chi connectivity index (χ1n) is 14.3. The molecule has 2 amide bonds. The molecule has 1 aliphatic carbocycles. The van der Waals surface area contributed by atoms with Crippen molar-refractivity contribution in [2.45, 2.75) is 84.1 Å². The van der Waals surface area contributed by atoms with Crippen LogP contribution in [0.2, 0.25) is 5.02 Å². The van der Waals surface area contributed by atoms with Gasteiger partial charge in [-0.3, -0.25) is 19.8 Å². The summed E-state index contributed by atoms with van der Waals surface area (Å²) < 4.78 is 0. The van der Waals surface area contributed by atoms with Crippen LogP contribution in [0.5, 0.6) is 0 Å². The molecule has 1 aromatic carbocycles. The number of rotatable bonds is 8. The van der Waals surface area contributed by atoms with Gasteiger partial charge < -0.3 is 15.5 Å². The summed E-state index contributed by atoms with van der Waals surface area (Å²) >= 11 is 6.16. The topological polar surface area (TPSA) is 81.9 Å². The van der Waals surface area contributed by atoms with E-state index in [1.165, 1.54) is 12.8 Å². The van der Waals surface area contributed by atoms with E-state index in [0.717, 1.165) is 43.8 Å². The number of carbonyl (C=O) groups excluding carboxylic acids is 2. The molecule has 37 heavy (non-hydrogen) atoms. The quantitative estimate of drug-likeness (QED) is 0.498. The highest BCUT2D eigenvalue weighted by Crippen LogP contribution is 2.37. The van der Waals surface area contributed by atoms with Crippen LogP contribution in [0.1, 0.15) is 71.3 Å². The van der Waals surface area contributed by atoms with Gasteiger partial charge in [-0.05, 0) is 62.3 Å². The molecule has 3 N–H and O–H groups in total. The summed E-state index contributed by atoms with van der Waals surface area (Å²) in [6, 6.07) is 8.28. The number of nitrogens with one attached hydrogen (secondary N) is 1. The molecule has 8 heteroatoms. The molecule has 1 saturated carbocycles. The van der Waals surface area contributed by atoms with Crippen LogP contribution < -0.4 is 11.1 Å². The fourth-order valence-corrected chi connectivity index (χ4v) is 6.70. The van der Waals surface area contributed by atoms with Gasteiger partial charge in [-0.1, -0.05) is 51.4 Å². The number of hydrogen-bond donors (Lipinski definition) is 2. The normalized spacial score (nSPS) is 29.6. The molecule has 3 fully saturated rings. The molecule has 3 aliphatic rings. The highest BCUT2D eigenvalue weighted by molar-refractivity contribution is 6.30. The zero-order chi connectivity index (χ0) is 26.7. The standard InChI is InChI=1S/C29H46ClN5O2/c1-5-32-29(31)34-17-25(21-8-10-22(30)11-9-21)26(18-34)28(37)33-15-14-24(16-33)35(27(36)19(2)3)23-12-6-20(4)7-13-23/h8-11,19-20,23-26,29,32H,5-7,12-18,31H2,1-4H3/t20?,23?,24-,25-,26?,29?/m0/s1. The monoisotopic (exact) mass is 531 g/mol. The van der Waals surface area contributed by atoms with E-state index >= 15 is 0 Å². The van der Waals surface area contributed by atoms with E-state index in [2.05, 4.69) is 22.0 Å². The zero-order valence-corrected chi connectivity index (χ0v) is 23.8. The lowest BCUT2D eigenvalue weighted by molar-refractivity contribution is -0.142. The number of hydrogen-bond acceptors (Lipinski definition) is 5. The second kappa shape index (κ2) is 12.5. The van der Waals surface area contributed by atoms with Gasteiger partial charge in [-0.25, -0.2) is 0 Å². The van der Waals surface area contributed by atoms with Crippen LogP contribution in [0.15, 0.2) is 24.3 Å². The van der Waals surface area contributed by atoms with Crippen molar-refractivity contribution in [1.29, 1.82) is 0 Å². The van der Waals surface area contributed by atoms with Crippen LogP contribution in [-0.2, 0) is 9.59 Å². The van der Waals surface area contributed by atoms with E-state index in [9.17, 15) is 9.59 Å². The second-order valence-electron chi connectivity index (χ2n) is 11.8. The molecule has 0 bridgehead atoms. The molecule has 206 valence electrons. The van der Waals surface area contributed by atoms with Crippen LogP contribution in [0.3, 0.4) is 0 Å². The number of benzene rings is 1. The van der Waals surface area contributed by atoms with E-state index in [-0.39, 0.29) is 41.9 Å². The minimum absolute atomic E-state index is 0.0330. The van der Waals surface area contributed by atoms with Gasteiger partial charge in [0.2, 0.25) is 11.8 Å². The van der Waals surface area contributed by atoms with Gasteiger partial charge in [0.05, 0.1) is 12.0 Å². The molecule has 2 unspecified atom stereocenters. The summed E-state index contributed by atoms with van der Waals surface area (Å²) in [6.07, 6.45) is 5.07. The summed E-state index contributed by atoms with van der Waals surface area (Å²) in [6.45, 7) is 11.8. The Kier molecular flexibility index (Phi) is 9.54. The average Bonchev–Trinajstić information content (AvgIpc) is 3.54. The molecule has 0 aromatic heterocycles. The van der Waals surface area contributed by atoms with E-state index in [1.54, 1.807) is 0 Å². The van der Waals surface area contributed by atoms with Crippen LogP contribution in [0.4, 0.5) is 0 Å². The molecule has 2 saturated heterocycles. The minimum Gasteiger partial charge on any atom is -0.340 e. The van der Waals surface area contributed by atoms with E-state index in [0.29, 0.717) is 30.7 Å². The predicted molar refractivity (Wildman–Crippen MR) is 149 cm³/mol. The molecule has 4 atom stereocenters. The smallest absolute Gasteiger partial charge is 0.227 e. The summed E-state index contributed by atoms with van der Waals surface area (Å²) in [5.74, 6) is 1.01. The van der Waals surface area contributed by atoms with Gasteiger partial charge in [0, 0.05) is 49.1 Å². The van der Waals surface area contributed by atoms with E-state index in [4.69, 9.17) is 17.3 Å². The highest BCUT2D eigenvalue weighted by atomic mass is 35.5. The molecule has 2 aliphatic heterocycles. The zero-order valence-electron chi connectivity index (χ0n) is 23.0. The number of carbonyl (C=O) groups is 2. The van der Waals surface area contributed by atoms with E-state index in [1.807, 2.05) is 49.9 Å². The summed E-state index contributed by atoms with van der Waals surface area (Å²) in [4.78, 5) is 33.8. The number of nitrogens with zero attached hydrogens (tertiary/aromatic N) is 3. The van der Waals surface area contributed by atoms with Gasteiger partial charge >= 0.3 is 0 Å². The van der Waals surface area contributed by atoms with Crippen molar-refractivity contribution in [3.63, 3.8) is 0 Å². The predicted octanol–water partition coefficient (Wildman–Crippen LogP) is 3.87. The van der Waals surface area contributed by atoms with Gasteiger partial charge in [0.1, 0.15) is 6.29 Å². The Hall–Kier alpha value is -1.67. The summed E-state index contributed by atoms with van der Waals surface area (Å²) in [5, 5.41) is 3.99. The largest absolute Gasteiger partial charge is 0.340 e. The van der Waals surface area contributed by atoms with Gasteiger partial charge in [-0.2, -0.15) is 0 Å². The van der Waals surface area contributed by atoms with Crippen molar-refractivity contribution in [3.05, 3.63) is 34.9 Å². The molecule has 4 rings (SSSR count). The summed E-state index contributed by atoms with van der Waals surface area (Å²) in [5.41, 5.74) is 7.53. The van der Waals surface area contributed by atoms with E-state index < -0.39 is 0 Å². The Balaban J connectivity index is 1.50. The summed E-state index contributed by atoms with van der Waals surface area (Å²) in [7, 11) is 0. The Morgan fingerprint density at radius 3 is 2.35 bits per heavy atom. The Morgan fingerprint density at radius 2 is 1.73 bits per heavy atom. The number of nitrogens with two attached hydrogens (primary N) is 1. The maximum absolute atomic E-state index is 14.0. The first-order chi connectivity index (χ1) is 17.7. The number of halogens is 1. The van der Waals surface area contributed by atoms with Gasteiger partial charge in [0.25, 0.3) is 0 Å². The first-order valence-corrected chi connectivity index (χ1v) is 14.7. The third-order valence-corrected chi connectivity index (χ3v) is 9.02. The van der Waals surface area contributed by atoms with Crippen molar-refractivity contribution in [2.75, 3.05) is 32.7 Å². The molecule has 0 spiro atoms. The molecule has 7 nitrogen and oxygen atoms in total. The SMILES string of the molecule is CCNC(N)N1CC(C(=O)N2CC[C@H](N(C(=O)C(C)C)C3CCC(C)CC3)C2)[C@H](c2ccc(Cl)cc2)C1. The van der Waals surface area contributed by atoms with Crippen LogP contribution in [-0.4, -0.2) is 77.6 Å². The van der Waals surface area contributed by atoms with Crippen LogP contribution >= 0.6 is 11.6 Å². The second-order valence-corrected chi connectivity index (χ2v) is 12.2. The fourth-order valence-electron chi connectivity index (χ4n) is 6.58. The lowest BCUT2D eigenvalue weighted by Gasteiger charge is -2.41. The maximum Gasteiger partial charge on any atom is 0.227 e. The molecule has 2 heterocycles. The van der Waals surface area contributed by atoms with Crippen molar-refractivity contribution >= 4 is 23.4 Å². The average molecular weight is 532 g/mol. The third-order valence-electron chi connectivity index (χ3n) is 8.77. The van der Waals surface area contributed by atoms with Gasteiger partial charge in [-0.15, -0.1) is 0 Å². The molecular formula is C29H46ClN5O2. The third kappa shape index (κ3) is 6.49. The molecular weight excluding hydrogens is 486 g/mol. The minimum atomic E-state index is -0.281. The Labute approximate surface area is 228 Å². The van der Waals surface area contributed by atoms with Crippen molar-refractivity contribution in [1.82, 2.24) is 20.0 Å². The van der Waals surface area contributed by atoms with Crippen molar-refractivity contribution < 1.29 is 9.59 Å².